The van der Waals surface area contributed by atoms with Gasteiger partial charge >= 0.3 is 0 Å². The van der Waals surface area contributed by atoms with Gasteiger partial charge in [-0.25, -0.2) is 9.97 Å². The Labute approximate surface area is 211 Å². The zero-order valence-electron chi connectivity index (χ0n) is 20.0. The number of hydrogen-bond acceptors (Lipinski definition) is 7. The average molecular weight is 490 g/mol. The Kier molecular flexibility index (Phi) is 5.74. The SMILES string of the molecule is CCCc1cc(Nc2cccc(C(=O)Nc3nc4ccccc4[nH]3)c2)n2nc(-c3cccnc3)nc2n1. The summed E-state index contributed by atoms with van der Waals surface area (Å²) in [4.78, 5) is 34.0. The number of aryl methyl sites for hydroxylation is 1. The van der Waals surface area contributed by atoms with Crippen molar-refractivity contribution in [2.75, 3.05) is 10.6 Å². The second kappa shape index (κ2) is 9.50. The largest absolute Gasteiger partial charge is 0.340 e. The van der Waals surface area contributed by atoms with Crippen LogP contribution in [0.15, 0.2) is 79.1 Å². The zero-order valence-corrected chi connectivity index (χ0v) is 20.0. The van der Waals surface area contributed by atoms with E-state index in [0.29, 0.717) is 28.9 Å². The Morgan fingerprint density at radius 2 is 1.92 bits per heavy atom. The molecule has 10 heteroatoms. The molecule has 3 N–H and O–H groups in total. The van der Waals surface area contributed by atoms with E-state index in [9.17, 15) is 4.79 Å². The smallest absolute Gasteiger partial charge is 0.258 e. The highest BCUT2D eigenvalue weighted by Crippen LogP contribution is 2.23. The van der Waals surface area contributed by atoms with Gasteiger partial charge in [0.05, 0.1) is 11.0 Å². The van der Waals surface area contributed by atoms with Crippen LogP contribution in [0.25, 0.3) is 28.2 Å². The monoisotopic (exact) mass is 489 g/mol. The summed E-state index contributed by atoms with van der Waals surface area (Å²) in [5.41, 5.74) is 4.57. The number of anilines is 3. The number of nitrogens with zero attached hydrogens (tertiary/aromatic N) is 6. The van der Waals surface area contributed by atoms with Crippen molar-refractivity contribution in [2.45, 2.75) is 19.8 Å². The molecule has 2 aromatic carbocycles. The van der Waals surface area contributed by atoms with E-state index in [-0.39, 0.29) is 5.91 Å². The third-order valence-corrected chi connectivity index (χ3v) is 5.81. The first kappa shape index (κ1) is 22.4. The normalized spacial score (nSPS) is 11.2. The first-order valence-electron chi connectivity index (χ1n) is 12.0. The van der Waals surface area contributed by atoms with Crippen molar-refractivity contribution in [3.63, 3.8) is 0 Å². The molecule has 6 aromatic rings. The van der Waals surface area contributed by atoms with E-state index in [4.69, 9.17) is 0 Å². The minimum atomic E-state index is -0.270. The van der Waals surface area contributed by atoms with E-state index in [1.165, 1.54) is 0 Å². The lowest BCUT2D eigenvalue weighted by Crippen LogP contribution is -2.13. The number of nitrogens with one attached hydrogen (secondary N) is 3. The third kappa shape index (κ3) is 4.59. The third-order valence-electron chi connectivity index (χ3n) is 5.81. The maximum atomic E-state index is 13.0. The van der Waals surface area contributed by atoms with Gasteiger partial charge in [0.2, 0.25) is 5.95 Å². The van der Waals surface area contributed by atoms with E-state index in [1.54, 1.807) is 29.0 Å². The number of H-pyrrole nitrogens is 1. The molecule has 0 fully saturated rings. The van der Waals surface area contributed by atoms with Gasteiger partial charge in [0, 0.05) is 41.0 Å². The first-order chi connectivity index (χ1) is 18.2. The Morgan fingerprint density at radius 3 is 2.76 bits per heavy atom. The van der Waals surface area contributed by atoms with Crippen LogP contribution in [0.2, 0.25) is 0 Å². The van der Waals surface area contributed by atoms with E-state index in [1.807, 2.05) is 54.6 Å². The van der Waals surface area contributed by atoms with Crippen LogP contribution in [0.1, 0.15) is 29.4 Å². The molecule has 0 saturated heterocycles. The van der Waals surface area contributed by atoms with Crippen molar-refractivity contribution in [2.24, 2.45) is 0 Å². The van der Waals surface area contributed by atoms with Crippen LogP contribution in [-0.4, -0.2) is 40.4 Å². The summed E-state index contributed by atoms with van der Waals surface area (Å²) in [5, 5.41) is 10.9. The molecule has 0 bridgehead atoms. The molecule has 10 nitrogen and oxygen atoms in total. The number of pyridine rings is 1. The highest BCUT2D eigenvalue weighted by Gasteiger charge is 2.14. The van der Waals surface area contributed by atoms with Crippen molar-refractivity contribution >= 4 is 40.2 Å². The summed E-state index contributed by atoms with van der Waals surface area (Å²) in [5.74, 6) is 1.86. The van der Waals surface area contributed by atoms with E-state index in [2.05, 4.69) is 47.6 Å². The number of amides is 1. The van der Waals surface area contributed by atoms with Crippen LogP contribution < -0.4 is 10.6 Å². The number of rotatable bonds is 7. The molecule has 1 amide bonds. The standard InChI is InChI=1S/C27H23N9O/c1-2-7-19-15-23(36-27(30-19)33-24(35-36)18-9-6-13-28-16-18)29-20-10-5-8-17(14-20)25(37)34-26-31-21-11-3-4-12-22(21)32-26/h3-6,8-16,29H,2,7H2,1H3,(H2,31,32,34,37). The van der Waals surface area contributed by atoms with Gasteiger partial charge in [-0.3, -0.25) is 15.1 Å². The lowest BCUT2D eigenvalue weighted by Gasteiger charge is -2.11. The predicted molar refractivity (Wildman–Crippen MR) is 142 cm³/mol. The number of carbonyl (C=O) groups is 1. The molecule has 37 heavy (non-hydrogen) atoms. The van der Waals surface area contributed by atoms with Crippen LogP contribution in [0.4, 0.5) is 17.5 Å². The zero-order chi connectivity index (χ0) is 25.2. The molecule has 0 atom stereocenters. The predicted octanol–water partition coefficient (Wildman–Crippen LogP) is 5.01. The first-order valence-corrected chi connectivity index (χ1v) is 12.0. The minimum Gasteiger partial charge on any atom is -0.340 e. The van der Waals surface area contributed by atoms with Gasteiger partial charge in [-0.05, 0) is 48.9 Å². The number of benzene rings is 2. The lowest BCUT2D eigenvalue weighted by atomic mass is 10.2. The van der Waals surface area contributed by atoms with Gasteiger partial charge in [-0.15, -0.1) is 5.10 Å². The summed E-state index contributed by atoms with van der Waals surface area (Å²) in [7, 11) is 0. The molecule has 0 aliphatic heterocycles. The van der Waals surface area contributed by atoms with Gasteiger partial charge < -0.3 is 10.3 Å². The molecular formula is C27H23N9O. The molecule has 0 aliphatic rings. The number of fused-ring (bicyclic) bond motifs is 2. The number of hydrogen-bond donors (Lipinski definition) is 3. The minimum absolute atomic E-state index is 0.270. The van der Waals surface area contributed by atoms with Gasteiger partial charge in [0.1, 0.15) is 5.82 Å². The van der Waals surface area contributed by atoms with Gasteiger partial charge in [-0.1, -0.05) is 31.5 Å². The van der Waals surface area contributed by atoms with Crippen molar-refractivity contribution in [1.29, 1.82) is 0 Å². The molecule has 6 rings (SSSR count). The second-order valence-electron chi connectivity index (χ2n) is 8.53. The van der Waals surface area contributed by atoms with E-state index in [0.717, 1.165) is 40.8 Å². The maximum absolute atomic E-state index is 13.0. The summed E-state index contributed by atoms with van der Waals surface area (Å²) in [6.45, 7) is 2.11. The van der Waals surface area contributed by atoms with Crippen molar-refractivity contribution < 1.29 is 4.79 Å². The number of para-hydroxylation sites is 2. The molecule has 4 heterocycles. The topological polar surface area (TPSA) is 126 Å². The fourth-order valence-electron chi connectivity index (χ4n) is 4.09. The molecule has 182 valence electrons. The summed E-state index contributed by atoms with van der Waals surface area (Å²) in [6, 6.07) is 20.6. The quantitative estimate of drug-likeness (QED) is 0.288. The Hall–Kier alpha value is -5.12. The number of carbonyl (C=O) groups excluding carboxylic acids is 1. The fourth-order valence-corrected chi connectivity index (χ4v) is 4.09. The van der Waals surface area contributed by atoms with E-state index >= 15 is 0 Å². The second-order valence-corrected chi connectivity index (χ2v) is 8.53. The Morgan fingerprint density at radius 1 is 1.00 bits per heavy atom. The molecule has 0 spiro atoms. The number of imidazole rings is 1. The fraction of sp³-hybridized carbons (Fsp3) is 0.111. The summed E-state index contributed by atoms with van der Waals surface area (Å²) >= 11 is 0. The van der Waals surface area contributed by atoms with Gasteiger partial charge in [-0.2, -0.15) is 9.50 Å². The highest BCUT2D eigenvalue weighted by atomic mass is 16.1. The van der Waals surface area contributed by atoms with Gasteiger partial charge in [0.25, 0.3) is 11.7 Å². The average Bonchev–Trinajstić information content (AvgIpc) is 3.53. The summed E-state index contributed by atoms with van der Waals surface area (Å²) in [6.07, 6.45) is 5.18. The van der Waals surface area contributed by atoms with Crippen LogP contribution in [0.3, 0.4) is 0 Å². The van der Waals surface area contributed by atoms with Crippen molar-refractivity contribution in [3.05, 3.63) is 90.4 Å². The Balaban J connectivity index is 1.30. The molecule has 0 radical (unpaired) electrons. The van der Waals surface area contributed by atoms with Crippen molar-refractivity contribution in [1.82, 2.24) is 34.5 Å². The number of aromatic nitrogens is 7. The highest BCUT2D eigenvalue weighted by molar-refractivity contribution is 6.04. The van der Waals surface area contributed by atoms with Crippen LogP contribution >= 0.6 is 0 Å². The Bertz CT molecular complexity index is 1690. The number of aromatic amines is 1. The lowest BCUT2D eigenvalue weighted by molar-refractivity contribution is 0.102. The molecule has 0 aliphatic carbocycles. The molecular weight excluding hydrogens is 466 g/mol. The van der Waals surface area contributed by atoms with Gasteiger partial charge in [0.15, 0.2) is 5.82 Å². The molecule has 0 unspecified atom stereocenters. The van der Waals surface area contributed by atoms with Crippen LogP contribution in [0, 0.1) is 0 Å². The van der Waals surface area contributed by atoms with Crippen molar-refractivity contribution in [3.8, 4) is 11.4 Å². The molecule has 0 saturated carbocycles. The van der Waals surface area contributed by atoms with Crippen LogP contribution in [-0.2, 0) is 6.42 Å². The van der Waals surface area contributed by atoms with Crippen LogP contribution in [0.5, 0.6) is 0 Å². The molecule has 4 aromatic heterocycles. The van der Waals surface area contributed by atoms with E-state index < -0.39 is 0 Å². The summed E-state index contributed by atoms with van der Waals surface area (Å²) < 4.78 is 1.67. The maximum Gasteiger partial charge on any atom is 0.258 e.